The monoisotopic (exact) mass is 363 g/mol. The van der Waals surface area contributed by atoms with Crippen LogP contribution in [0.15, 0.2) is 12.1 Å². The van der Waals surface area contributed by atoms with Crippen molar-refractivity contribution in [1.82, 2.24) is 25.1 Å². The zero-order valence-electron chi connectivity index (χ0n) is 15.1. The van der Waals surface area contributed by atoms with E-state index in [1.807, 2.05) is 0 Å². The Hall–Kier alpha value is -2.88. The van der Waals surface area contributed by atoms with E-state index in [0.29, 0.717) is 48.3 Å². The van der Waals surface area contributed by atoms with Crippen molar-refractivity contribution in [1.29, 1.82) is 0 Å². The molecule has 1 aromatic heterocycles. The zero-order valence-corrected chi connectivity index (χ0v) is 15.1. The van der Waals surface area contributed by atoms with Crippen LogP contribution in [0.25, 0.3) is 0 Å². The maximum absolute atomic E-state index is 13.1. The van der Waals surface area contributed by atoms with Crippen LogP contribution in [0.5, 0.6) is 17.2 Å². The minimum atomic E-state index is -0.424. The Kier molecular flexibility index (Phi) is 5.21. The Morgan fingerprint density at radius 1 is 1.19 bits per heavy atom. The molecular weight excluding hydrogens is 342 g/mol. The highest BCUT2D eigenvalue weighted by atomic mass is 16.5. The lowest BCUT2D eigenvalue weighted by Gasteiger charge is -2.32. The second-order valence-corrected chi connectivity index (χ2v) is 5.63. The van der Waals surface area contributed by atoms with Crippen LogP contribution >= 0.6 is 0 Å². The van der Waals surface area contributed by atoms with Crippen molar-refractivity contribution in [3.8, 4) is 17.2 Å². The molecule has 0 bridgehead atoms. The first-order valence-corrected chi connectivity index (χ1v) is 8.02. The zero-order chi connectivity index (χ0) is 18.7. The van der Waals surface area contributed by atoms with Gasteiger partial charge in [0, 0.05) is 6.54 Å². The van der Waals surface area contributed by atoms with Crippen molar-refractivity contribution < 1.29 is 23.7 Å². The molecule has 1 fully saturated rings. The van der Waals surface area contributed by atoms with Gasteiger partial charge in [0.2, 0.25) is 11.6 Å². The summed E-state index contributed by atoms with van der Waals surface area (Å²) in [4.78, 5) is 16.1. The molecule has 140 valence electrons. The minimum absolute atomic E-state index is 0.194. The number of aromatic nitrogens is 4. The van der Waals surface area contributed by atoms with E-state index in [2.05, 4.69) is 15.4 Å². The molecule has 1 aromatic carbocycles. The van der Waals surface area contributed by atoms with Gasteiger partial charge in [0.1, 0.15) is 6.10 Å². The molecule has 1 saturated heterocycles. The van der Waals surface area contributed by atoms with Crippen molar-refractivity contribution >= 4 is 5.91 Å². The molecule has 1 amide bonds. The summed E-state index contributed by atoms with van der Waals surface area (Å²) in [6, 6.07) is 3.34. The van der Waals surface area contributed by atoms with Crippen molar-refractivity contribution in [2.24, 2.45) is 7.05 Å². The fourth-order valence-electron chi connectivity index (χ4n) is 2.86. The smallest absolute Gasteiger partial charge is 0.257 e. The minimum Gasteiger partial charge on any atom is -0.493 e. The van der Waals surface area contributed by atoms with Gasteiger partial charge in [-0.1, -0.05) is 0 Å². The number of rotatable bonds is 5. The van der Waals surface area contributed by atoms with Crippen LogP contribution in [0, 0.1) is 0 Å². The van der Waals surface area contributed by atoms with Crippen molar-refractivity contribution in [2.45, 2.75) is 6.10 Å². The molecule has 1 aliphatic heterocycles. The van der Waals surface area contributed by atoms with Gasteiger partial charge in [-0.2, -0.15) is 4.80 Å². The van der Waals surface area contributed by atoms with Gasteiger partial charge in [-0.15, -0.1) is 10.2 Å². The fraction of sp³-hybridized carbons (Fsp3) is 0.500. The lowest BCUT2D eigenvalue weighted by atomic mass is 10.1. The molecule has 0 radical (unpaired) electrons. The van der Waals surface area contributed by atoms with Crippen LogP contribution in [0.4, 0.5) is 0 Å². The summed E-state index contributed by atoms with van der Waals surface area (Å²) >= 11 is 0. The van der Waals surface area contributed by atoms with Gasteiger partial charge < -0.3 is 23.8 Å². The van der Waals surface area contributed by atoms with Crippen molar-refractivity contribution in [3.05, 3.63) is 23.5 Å². The number of methoxy groups -OCH3 is 3. The molecule has 0 saturated carbocycles. The van der Waals surface area contributed by atoms with Crippen LogP contribution < -0.4 is 14.2 Å². The summed E-state index contributed by atoms with van der Waals surface area (Å²) in [6.45, 7) is 1.15. The van der Waals surface area contributed by atoms with Gasteiger partial charge in [-0.3, -0.25) is 4.79 Å². The first-order valence-electron chi connectivity index (χ1n) is 8.02. The van der Waals surface area contributed by atoms with Crippen LogP contribution in [-0.4, -0.2) is 72.0 Å². The summed E-state index contributed by atoms with van der Waals surface area (Å²) in [5, 5.41) is 11.9. The molecule has 1 unspecified atom stereocenters. The summed E-state index contributed by atoms with van der Waals surface area (Å²) < 4.78 is 21.7. The van der Waals surface area contributed by atoms with Gasteiger partial charge in [-0.25, -0.2) is 0 Å². The number of benzene rings is 1. The van der Waals surface area contributed by atoms with Crippen molar-refractivity contribution in [2.75, 3.05) is 41.0 Å². The number of aryl methyl sites for hydroxylation is 1. The quantitative estimate of drug-likeness (QED) is 0.755. The Labute approximate surface area is 150 Å². The second-order valence-electron chi connectivity index (χ2n) is 5.63. The van der Waals surface area contributed by atoms with E-state index in [1.165, 1.54) is 26.1 Å². The third kappa shape index (κ3) is 3.27. The number of hydrogen-bond acceptors (Lipinski definition) is 8. The van der Waals surface area contributed by atoms with E-state index in [0.717, 1.165) is 0 Å². The van der Waals surface area contributed by atoms with E-state index >= 15 is 0 Å². The Morgan fingerprint density at radius 3 is 2.58 bits per heavy atom. The second kappa shape index (κ2) is 7.56. The SMILES string of the molecule is COc1ccc(C(=O)N2CCOC(c3nnn(C)n3)C2)c(OC)c1OC. The van der Waals surface area contributed by atoms with Gasteiger partial charge >= 0.3 is 0 Å². The first kappa shape index (κ1) is 17.9. The number of carbonyl (C=O) groups excluding carboxylic acids is 1. The van der Waals surface area contributed by atoms with Crippen LogP contribution in [0.2, 0.25) is 0 Å². The molecule has 1 aliphatic rings. The molecule has 0 aliphatic carbocycles. The maximum atomic E-state index is 13.1. The van der Waals surface area contributed by atoms with Gasteiger partial charge in [-0.05, 0) is 17.3 Å². The molecule has 3 rings (SSSR count). The molecule has 1 atom stereocenters. The summed E-state index contributed by atoms with van der Waals surface area (Å²) in [6.07, 6.45) is -0.424. The maximum Gasteiger partial charge on any atom is 0.257 e. The van der Waals surface area contributed by atoms with Crippen molar-refractivity contribution in [3.63, 3.8) is 0 Å². The topological polar surface area (TPSA) is 101 Å². The molecule has 0 spiro atoms. The highest BCUT2D eigenvalue weighted by molar-refractivity contribution is 5.98. The largest absolute Gasteiger partial charge is 0.493 e. The van der Waals surface area contributed by atoms with E-state index in [1.54, 1.807) is 24.1 Å². The third-order valence-corrected chi connectivity index (χ3v) is 4.10. The van der Waals surface area contributed by atoms with E-state index in [9.17, 15) is 4.79 Å². The highest BCUT2D eigenvalue weighted by Crippen LogP contribution is 2.40. The predicted octanol–water partition coefficient (Wildman–Crippen LogP) is 0.450. The number of nitrogens with zero attached hydrogens (tertiary/aromatic N) is 5. The normalized spacial score (nSPS) is 17.1. The molecule has 0 N–H and O–H groups in total. The predicted molar refractivity (Wildman–Crippen MR) is 89.5 cm³/mol. The molecular formula is C16H21N5O5. The van der Waals surface area contributed by atoms with Gasteiger partial charge in [0.25, 0.3) is 5.91 Å². The average molecular weight is 363 g/mol. The highest BCUT2D eigenvalue weighted by Gasteiger charge is 2.31. The van der Waals surface area contributed by atoms with Crippen LogP contribution in [0.3, 0.4) is 0 Å². The number of carbonyl (C=O) groups is 1. The van der Waals surface area contributed by atoms with Gasteiger partial charge in [0.05, 0.1) is 47.1 Å². The van der Waals surface area contributed by atoms with E-state index in [-0.39, 0.29) is 5.91 Å². The average Bonchev–Trinajstić information content (AvgIpc) is 3.12. The first-order chi connectivity index (χ1) is 12.6. The number of morpholine rings is 1. The Balaban J connectivity index is 1.86. The fourth-order valence-corrected chi connectivity index (χ4v) is 2.86. The Bertz CT molecular complexity index is 793. The van der Waals surface area contributed by atoms with Crippen LogP contribution in [-0.2, 0) is 11.8 Å². The summed E-state index contributed by atoms with van der Waals surface area (Å²) in [5.41, 5.74) is 0.387. The van der Waals surface area contributed by atoms with Crippen LogP contribution in [0.1, 0.15) is 22.3 Å². The number of tetrazole rings is 1. The molecule has 10 heteroatoms. The Morgan fingerprint density at radius 2 is 1.96 bits per heavy atom. The standard InChI is InChI=1S/C16H21N5O5/c1-20-18-15(17-19-20)12-9-21(7-8-26-12)16(22)10-5-6-11(23-2)14(25-4)13(10)24-3/h5-6,12H,7-9H2,1-4H3. The lowest BCUT2D eigenvalue weighted by Crippen LogP contribution is -2.42. The molecule has 26 heavy (non-hydrogen) atoms. The molecule has 2 aromatic rings. The number of amides is 1. The summed E-state index contributed by atoms with van der Waals surface area (Å²) in [5.74, 6) is 1.45. The number of ether oxygens (including phenoxy) is 4. The molecule has 2 heterocycles. The lowest BCUT2D eigenvalue weighted by molar-refractivity contribution is -0.0270. The molecule has 10 nitrogen and oxygen atoms in total. The summed E-state index contributed by atoms with van der Waals surface area (Å²) in [7, 11) is 6.19. The van der Waals surface area contributed by atoms with Gasteiger partial charge in [0.15, 0.2) is 11.5 Å². The number of hydrogen-bond donors (Lipinski definition) is 0. The van der Waals surface area contributed by atoms with E-state index < -0.39 is 6.10 Å². The van der Waals surface area contributed by atoms with E-state index in [4.69, 9.17) is 18.9 Å². The third-order valence-electron chi connectivity index (χ3n) is 4.10.